The van der Waals surface area contributed by atoms with Gasteiger partial charge in [0.2, 0.25) is 0 Å². The molecule has 0 aromatic heterocycles. The average Bonchev–Trinajstić information content (AvgIpc) is 1.25. The molecule has 0 bridgehead atoms. The van der Waals surface area contributed by atoms with Gasteiger partial charge in [0.05, 0.1) is 10.2 Å². The van der Waals surface area contributed by atoms with E-state index >= 15 is 0 Å². The third kappa shape index (κ3) is 4140. The molecule has 0 aromatic rings. The van der Waals surface area contributed by atoms with Gasteiger partial charge >= 0.3 is 0 Å². The second kappa shape index (κ2) is 71.1. The Kier molecular flexibility index (Phi) is 423. The third-order valence-electron chi connectivity index (χ3n) is 0. The van der Waals surface area contributed by atoms with Crippen molar-refractivity contribution in [2.24, 2.45) is 0 Å². The van der Waals surface area contributed by atoms with Crippen LogP contribution in [-0.2, 0) is 0 Å². The van der Waals surface area contributed by atoms with Crippen molar-refractivity contribution >= 4 is 0 Å². The quantitative estimate of drug-likeness (QED) is 0.295. The SMILES string of the molecule is O.O.O.O.O.O.O=[N+]([O-])[O-].O=[N+]([O-])[O-].[La]. The van der Waals surface area contributed by atoms with Gasteiger partial charge in [-0.2, -0.15) is 0 Å². The van der Waals surface area contributed by atoms with E-state index in [4.69, 9.17) is 30.6 Å². The summed E-state index contributed by atoms with van der Waals surface area (Å²) in [5.41, 5.74) is 0. The fraction of sp³-hybridized carbons (Fsp3) is 0. The molecule has 14 nitrogen and oxygen atoms in total. The molecule has 0 saturated carbocycles. The molecule has 99 valence electrons. The summed E-state index contributed by atoms with van der Waals surface area (Å²) in [6.07, 6.45) is 0. The minimum absolute atomic E-state index is 0. The Labute approximate surface area is 109 Å². The smallest absolute Gasteiger partial charge is 0.0689 e. The predicted octanol–water partition coefficient (Wildman–Crippen LogP) is -5.43. The summed E-state index contributed by atoms with van der Waals surface area (Å²) in [4.78, 5) is 16.5. The summed E-state index contributed by atoms with van der Waals surface area (Å²) < 4.78 is 0. The standard InChI is InChI=1S/La.2NO3.6H2O/c;2*2-1(3)4;;;;;;/h;;;6*1H2/q;2*-1;;;;;;. The van der Waals surface area contributed by atoms with Crippen molar-refractivity contribution in [3.63, 3.8) is 0 Å². The summed E-state index contributed by atoms with van der Waals surface area (Å²) in [6, 6.07) is 0. The van der Waals surface area contributed by atoms with Crippen LogP contribution in [-0.4, -0.2) is 43.0 Å². The maximum absolute atomic E-state index is 8.25. The van der Waals surface area contributed by atoms with Crippen molar-refractivity contribution in [2.75, 3.05) is 0 Å². The zero-order valence-corrected chi connectivity index (χ0v) is 10.5. The Morgan fingerprint density at radius 1 is 0.533 bits per heavy atom. The molecule has 12 N–H and O–H groups in total. The molecule has 0 aromatic carbocycles. The molecular weight excluding hydrogens is 359 g/mol. The van der Waals surface area contributed by atoms with Crippen LogP contribution in [0.2, 0.25) is 0 Å². The topological polar surface area (TPSA) is 321 Å². The van der Waals surface area contributed by atoms with E-state index in [1.54, 1.807) is 0 Å². The van der Waals surface area contributed by atoms with Gasteiger partial charge in [0.1, 0.15) is 0 Å². The van der Waals surface area contributed by atoms with Crippen LogP contribution >= 0.6 is 0 Å². The Balaban J connectivity index is -0.00000000468. The molecule has 0 heterocycles. The van der Waals surface area contributed by atoms with Gasteiger partial charge < -0.3 is 63.5 Å². The Morgan fingerprint density at radius 2 is 0.533 bits per heavy atom. The van der Waals surface area contributed by atoms with Gasteiger partial charge in [-0.25, -0.2) is 0 Å². The van der Waals surface area contributed by atoms with E-state index in [1.165, 1.54) is 0 Å². The molecule has 0 amide bonds. The third-order valence-corrected chi connectivity index (χ3v) is 0. The van der Waals surface area contributed by atoms with E-state index in [2.05, 4.69) is 0 Å². The molecular formula is H12LaN2O12-2. The van der Waals surface area contributed by atoms with Crippen molar-refractivity contribution in [3.8, 4) is 0 Å². The van der Waals surface area contributed by atoms with Crippen LogP contribution < -0.4 is 0 Å². The zero-order chi connectivity index (χ0) is 7.15. The Morgan fingerprint density at radius 3 is 0.533 bits per heavy atom. The second-order valence-electron chi connectivity index (χ2n) is 0.447. The first-order valence-corrected chi connectivity index (χ1v) is 1.10. The van der Waals surface area contributed by atoms with E-state index in [-0.39, 0.29) is 68.5 Å². The summed E-state index contributed by atoms with van der Waals surface area (Å²) in [5.74, 6) is 0. The van der Waals surface area contributed by atoms with E-state index in [0.717, 1.165) is 0 Å². The van der Waals surface area contributed by atoms with Gasteiger partial charge in [-0.15, -0.1) is 0 Å². The maximum Gasteiger partial charge on any atom is 0.0689 e. The van der Waals surface area contributed by atoms with Gasteiger partial charge in [-0.1, -0.05) is 0 Å². The Hall–Kier alpha value is -0.645. The van der Waals surface area contributed by atoms with Gasteiger partial charge in [-0.3, -0.25) is 0 Å². The minimum atomic E-state index is -1.75. The number of hydrogen-bond acceptors (Lipinski definition) is 6. The summed E-state index contributed by atoms with van der Waals surface area (Å²) >= 11 is 0. The van der Waals surface area contributed by atoms with Gasteiger partial charge in [0, 0.05) is 35.6 Å². The molecule has 0 rings (SSSR count). The van der Waals surface area contributed by atoms with Gasteiger partial charge in [0.15, 0.2) is 0 Å². The van der Waals surface area contributed by atoms with Crippen molar-refractivity contribution < 1.29 is 78.6 Å². The van der Waals surface area contributed by atoms with Crippen LogP contribution in [0.25, 0.3) is 0 Å². The van der Waals surface area contributed by atoms with Crippen molar-refractivity contribution in [1.29, 1.82) is 0 Å². The number of rotatable bonds is 0. The molecule has 1 radical (unpaired) electrons. The van der Waals surface area contributed by atoms with Crippen LogP contribution in [0, 0.1) is 66.2 Å². The van der Waals surface area contributed by atoms with E-state index < -0.39 is 10.2 Å². The van der Waals surface area contributed by atoms with Crippen LogP contribution in [0.3, 0.4) is 0 Å². The summed E-state index contributed by atoms with van der Waals surface area (Å²) in [6.45, 7) is 0. The molecule has 0 fully saturated rings. The molecule has 0 unspecified atom stereocenters. The van der Waals surface area contributed by atoms with Crippen molar-refractivity contribution in [3.05, 3.63) is 30.6 Å². The second-order valence-corrected chi connectivity index (χ2v) is 0.447. The molecule has 0 atom stereocenters. The number of hydrogen-bond donors (Lipinski definition) is 0. The average molecular weight is 371 g/mol. The Bertz CT molecular complexity index is 71.6. The van der Waals surface area contributed by atoms with Crippen molar-refractivity contribution in [2.45, 2.75) is 0 Å². The van der Waals surface area contributed by atoms with Crippen molar-refractivity contribution in [1.82, 2.24) is 0 Å². The van der Waals surface area contributed by atoms with E-state index in [9.17, 15) is 0 Å². The normalized spacial score (nSPS) is 3.20. The molecule has 15 heavy (non-hydrogen) atoms. The van der Waals surface area contributed by atoms with Crippen LogP contribution in [0.5, 0.6) is 0 Å². The molecule has 0 spiro atoms. The van der Waals surface area contributed by atoms with Gasteiger partial charge in [0.25, 0.3) is 0 Å². The zero-order valence-electron chi connectivity index (χ0n) is 6.92. The first kappa shape index (κ1) is 89.3. The van der Waals surface area contributed by atoms with Crippen LogP contribution in [0.15, 0.2) is 0 Å². The molecule has 0 aliphatic rings. The minimum Gasteiger partial charge on any atom is -0.412 e. The van der Waals surface area contributed by atoms with E-state index in [0.29, 0.717) is 0 Å². The summed E-state index contributed by atoms with van der Waals surface area (Å²) in [5, 5.41) is 29.5. The number of nitrogens with zero attached hydrogens (tertiary/aromatic N) is 2. The monoisotopic (exact) mass is 371 g/mol. The molecule has 0 aliphatic heterocycles. The first-order valence-electron chi connectivity index (χ1n) is 1.10. The van der Waals surface area contributed by atoms with Crippen LogP contribution in [0.4, 0.5) is 0 Å². The largest absolute Gasteiger partial charge is 0.412 e. The van der Waals surface area contributed by atoms with Crippen LogP contribution in [0.1, 0.15) is 0 Å². The summed E-state index contributed by atoms with van der Waals surface area (Å²) in [7, 11) is 0. The molecule has 0 aliphatic carbocycles. The fourth-order valence-corrected chi connectivity index (χ4v) is 0. The van der Waals surface area contributed by atoms with Gasteiger partial charge in [-0.05, 0) is 0 Å². The maximum atomic E-state index is 8.25. The molecule has 0 saturated heterocycles. The van der Waals surface area contributed by atoms with E-state index in [1.807, 2.05) is 0 Å². The molecule has 15 heteroatoms. The predicted molar refractivity (Wildman–Crippen MR) is 42.4 cm³/mol. The fourth-order valence-electron chi connectivity index (χ4n) is 0. The first-order chi connectivity index (χ1) is 3.46.